The normalized spacial score (nSPS) is 24.0. The highest BCUT2D eigenvalue weighted by atomic mass is 16.5. The molecule has 1 saturated heterocycles. The van der Waals surface area contributed by atoms with Gasteiger partial charge in [-0.25, -0.2) is 0 Å². The van der Waals surface area contributed by atoms with Crippen molar-refractivity contribution < 1.29 is 4.74 Å². The summed E-state index contributed by atoms with van der Waals surface area (Å²) in [4.78, 5) is 5.14. The molecule has 0 amide bonds. The first-order chi connectivity index (χ1) is 12.3. The molecule has 0 aromatic heterocycles. The third-order valence-corrected chi connectivity index (χ3v) is 6.26. The summed E-state index contributed by atoms with van der Waals surface area (Å²) in [6.45, 7) is 16.2. The van der Waals surface area contributed by atoms with E-state index in [9.17, 15) is 0 Å². The van der Waals surface area contributed by atoms with Crippen LogP contribution in [0.25, 0.3) is 0 Å². The second-order valence-electron chi connectivity index (χ2n) is 9.99. The van der Waals surface area contributed by atoms with Crippen molar-refractivity contribution in [2.24, 2.45) is 10.8 Å². The first-order valence-electron chi connectivity index (χ1n) is 10.3. The van der Waals surface area contributed by atoms with Crippen molar-refractivity contribution in [3.63, 3.8) is 0 Å². The van der Waals surface area contributed by atoms with E-state index in [4.69, 9.17) is 4.74 Å². The van der Waals surface area contributed by atoms with Crippen LogP contribution in [0.1, 0.15) is 58.4 Å². The van der Waals surface area contributed by atoms with Crippen molar-refractivity contribution in [3.8, 4) is 0 Å². The fourth-order valence-electron chi connectivity index (χ4n) is 5.62. The first-order valence-corrected chi connectivity index (χ1v) is 10.3. The molecule has 1 saturated carbocycles. The zero-order valence-electron chi connectivity index (χ0n) is 17.6. The predicted molar refractivity (Wildman–Crippen MR) is 111 cm³/mol. The lowest BCUT2D eigenvalue weighted by Crippen LogP contribution is -2.47. The van der Waals surface area contributed by atoms with E-state index < -0.39 is 0 Å². The molecule has 1 aromatic rings. The number of anilines is 1. The van der Waals surface area contributed by atoms with Crippen LogP contribution in [0, 0.1) is 10.8 Å². The lowest BCUT2D eigenvalue weighted by molar-refractivity contribution is 0.0969. The molecule has 0 atom stereocenters. The van der Waals surface area contributed by atoms with Gasteiger partial charge >= 0.3 is 0 Å². The molecule has 2 aliphatic rings. The van der Waals surface area contributed by atoms with Crippen molar-refractivity contribution in [1.82, 2.24) is 4.90 Å². The highest BCUT2D eigenvalue weighted by molar-refractivity contribution is 5.56. The van der Waals surface area contributed by atoms with Crippen LogP contribution in [0.2, 0.25) is 0 Å². The molecule has 1 aliphatic heterocycles. The maximum atomic E-state index is 5.24. The Morgan fingerprint density at radius 3 is 2.19 bits per heavy atom. The maximum absolute atomic E-state index is 5.24. The van der Waals surface area contributed by atoms with E-state index in [1.165, 1.54) is 24.9 Å². The second kappa shape index (κ2) is 7.90. The number of methoxy groups -OCH3 is 1. The van der Waals surface area contributed by atoms with Gasteiger partial charge in [0.1, 0.15) is 0 Å². The molecule has 1 aromatic carbocycles. The molecule has 0 unspecified atom stereocenters. The Labute approximate surface area is 160 Å². The van der Waals surface area contributed by atoms with Gasteiger partial charge in [-0.05, 0) is 47.6 Å². The van der Waals surface area contributed by atoms with Gasteiger partial charge in [-0.15, -0.1) is 0 Å². The van der Waals surface area contributed by atoms with Crippen LogP contribution in [0.4, 0.5) is 5.69 Å². The lowest BCUT2D eigenvalue weighted by Gasteiger charge is -2.46. The van der Waals surface area contributed by atoms with Crippen LogP contribution in [0.15, 0.2) is 24.3 Å². The fourth-order valence-corrected chi connectivity index (χ4v) is 5.62. The van der Waals surface area contributed by atoms with Gasteiger partial charge in [0.05, 0.1) is 6.61 Å². The number of nitrogens with zero attached hydrogens (tertiary/aromatic N) is 2. The van der Waals surface area contributed by atoms with Gasteiger partial charge in [-0.1, -0.05) is 45.9 Å². The molecule has 1 heterocycles. The van der Waals surface area contributed by atoms with Gasteiger partial charge in [0.25, 0.3) is 0 Å². The number of benzene rings is 1. The molecule has 0 spiro atoms. The summed E-state index contributed by atoms with van der Waals surface area (Å²) in [6, 6.07) is 9.21. The van der Waals surface area contributed by atoms with Crippen LogP contribution >= 0.6 is 0 Å². The van der Waals surface area contributed by atoms with Crippen LogP contribution in [0.5, 0.6) is 0 Å². The van der Waals surface area contributed by atoms with Gasteiger partial charge in [0.2, 0.25) is 0 Å². The summed E-state index contributed by atoms with van der Waals surface area (Å²) >= 11 is 0. The molecular weight excluding hydrogens is 320 g/mol. The van der Waals surface area contributed by atoms with Crippen molar-refractivity contribution in [2.75, 3.05) is 51.3 Å². The molecule has 1 aliphatic carbocycles. The van der Waals surface area contributed by atoms with Crippen molar-refractivity contribution >= 4 is 5.69 Å². The van der Waals surface area contributed by atoms with Crippen LogP contribution < -0.4 is 4.90 Å². The topological polar surface area (TPSA) is 15.7 Å². The number of piperazine rings is 1. The standard InChI is InChI=1S/C23H38N2O/c1-22(2)16-19(17-23(3,4)18-22)20-8-6-7-9-21(20)25-12-10-24(11-13-25)14-15-26-5/h6-9,19H,10-18H2,1-5H3. The molecule has 146 valence electrons. The zero-order chi connectivity index (χ0) is 18.8. The summed E-state index contributed by atoms with van der Waals surface area (Å²) in [5.41, 5.74) is 3.92. The summed E-state index contributed by atoms with van der Waals surface area (Å²) < 4.78 is 5.24. The number of ether oxygens (including phenoxy) is 1. The highest BCUT2D eigenvalue weighted by Gasteiger charge is 2.39. The SMILES string of the molecule is COCCN1CCN(c2ccccc2C2CC(C)(C)CC(C)(C)C2)CC1. The summed E-state index contributed by atoms with van der Waals surface area (Å²) in [5.74, 6) is 0.677. The Balaban J connectivity index is 1.75. The quantitative estimate of drug-likeness (QED) is 0.754. The minimum absolute atomic E-state index is 0.429. The number of para-hydroxylation sites is 1. The molecule has 3 nitrogen and oxygen atoms in total. The van der Waals surface area contributed by atoms with Crippen LogP contribution in [-0.2, 0) is 4.74 Å². The largest absolute Gasteiger partial charge is 0.383 e. The van der Waals surface area contributed by atoms with E-state index in [2.05, 4.69) is 61.8 Å². The molecule has 2 fully saturated rings. The third kappa shape index (κ3) is 4.80. The maximum Gasteiger partial charge on any atom is 0.0589 e. The monoisotopic (exact) mass is 358 g/mol. The minimum atomic E-state index is 0.429. The van der Waals surface area contributed by atoms with Crippen molar-refractivity contribution in [2.45, 2.75) is 52.9 Å². The van der Waals surface area contributed by atoms with Crippen molar-refractivity contribution in [1.29, 1.82) is 0 Å². The first kappa shape index (κ1) is 19.7. The van der Waals surface area contributed by atoms with Gasteiger partial charge < -0.3 is 9.64 Å². The average molecular weight is 359 g/mol. The second-order valence-corrected chi connectivity index (χ2v) is 9.99. The van der Waals surface area contributed by atoms with Gasteiger partial charge in [0, 0.05) is 45.5 Å². The molecule has 0 N–H and O–H groups in total. The number of rotatable bonds is 5. The molecule has 0 bridgehead atoms. The summed E-state index contributed by atoms with van der Waals surface area (Å²) in [6.07, 6.45) is 3.94. The van der Waals surface area contributed by atoms with E-state index in [-0.39, 0.29) is 0 Å². The van der Waals surface area contributed by atoms with Gasteiger partial charge in [0.15, 0.2) is 0 Å². The summed E-state index contributed by atoms with van der Waals surface area (Å²) in [7, 11) is 1.79. The average Bonchev–Trinajstić information content (AvgIpc) is 2.58. The lowest BCUT2D eigenvalue weighted by atomic mass is 9.60. The Bertz CT molecular complexity index is 572. The molecule has 26 heavy (non-hydrogen) atoms. The predicted octanol–water partition coefficient (Wildman–Crippen LogP) is 4.77. The molecular formula is C23H38N2O. The van der Waals surface area contributed by atoms with E-state index in [0.717, 1.165) is 39.3 Å². The Morgan fingerprint density at radius 2 is 1.58 bits per heavy atom. The fraction of sp³-hybridized carbons (Fsp3) is 0.739. The molecule has 0 radical (unpaired) electrons. The van der Waals surface area contributed by atoms with E-state index >= 15 is 0 Å². The van der Waals surface area contributed by atoms with E-state index in [1.54, 1.807) is 12.7 Å². The van der Waals surface area contributed by atoms with Crippen LogP contribution in [0.3, 0.4) is 0 Å². The summed E-state index contributed by atoms with van der Waals surface area (Å²) in [5, 5.41) is 0. The smallest absolute Gasteiger partial charge is 0.0589 e. The van der Waals surface area contributed by atoms with E-state index in [1.807, 2.05) is 0 Å². The third-order valence-electron chi connectivity index (χ3n) is 6.26. The molecule has 3 rings (SSSR count). The molecule has 3 heteroatoms. The minimum Gasteiger partial charge on any atom is -0.383 e. The van der Waals surface area contributed by atoms with Gasteiger partial charge in [-0.3, -0.25) is 4.90 Å². The Kier molecular flexibility index (Phi) is 5.98. The van der Waals surface area contributed by atoms with Gasteiger partial charge in [-0.2, -0.15) is 0 Å². The Hall–Kier alpha value is -1.06. The van der Waals surface area contributed by atoms with Crippen molar-refractivity contribution in [3.05, 3.63) is 29.8 Å². The zero-order valence-corrected chi connectivity index (χ0v) is 17.6. The number of hydrogen-bond acceptors (Lipinski definition) is 3. The Morgan fingerprint density at radius 1 is 0.962 bits per heavy atom. The van der Waals surface area contributed by atoms with E-state index in [0.29, 0.717) is 16.7 Å². The van der Waals surface area contributed by atoms with Crippen LogP contribution in [-0.4, -0.2) is 51.3 Å². The number of hydrogen-bond donors (Lipinski definition) is 0. The highest BCUT2D eigenvalue weighted by Crippen LogP contribution is 2.53.